The molecule has 2 fully saturated rings. The van der Waals surface area contributed by atoms with E-state index >= 15 is 0 Å². The van der Waals surface area contributed by atoms with Crippen LogP contribution in [0.2, 0.25) is 0 Å². The highest BCUT2D eigenvalue weighted by atomic mass is 32.1. The predicted octanol–water partition coefficient (Wildman–Crippen LogP) is 2.47. The van der Waals surface area contributed by atoms with Crippen molar-refractivity contribution in [2.45, 2.75) is 44.4 Å². The van der Waals surface area contributed by atoms with E-state index < -0.39 is 0 Å². The van der Waals surface area contributed by atoms with Gasteiger partial charge in [-0.05, 0) is 31.9 Å². The molecule has 1 saturated heterocycles. The van der Waals surface area contributed by atoms with E-state index in [1.165, 1.54) is 4.88 Å². The first-order valence-corrected chi connectivity index (χ1v) is 7.64. The fourth-order valence-corrected chi connectivity index (χ4v) is 3.57. The first-order valence-electron chi connectivity index (χ1n) is 6.82. The van der Waals surface area contributed by atoms with E-state index in [2.05, 4.69) is 5.32 Å². The monoisotopic (exact) mass is 281 g/mol. The molecule has 1 aromatic rings. The number of carbonyl (C=O) groups excluding carboxylic acids is 1. The molecule has 1 aliphatic heterocycles. The van der Waals surface area contributed by atoms with Gasteiger partial charge < -0.3 is 14.8 Å². The lowest BCUT2D eigenvalue weighted by Gasteiger charge is -2.35. The van der Waals surface area contributed by atoms with E-state index in [0.29, 0.717) is 13.2 Å². The van der Waals surface area contributed by atoms with Crippen LogP contribution in [0.15, 0.2) is 12.1 Å². The van der Waals surface area contributed by atoms with Gasteiger partial charge in [0.15, 0.2) is 5.79 Å². The molecule has 1 aromatic heterocycles. The Morgan fingerprint density at radius 2 is 2.00 bits per heavy atom. The van der Waals surface area contributed by atoms with Crippen LogP contribution in [0.5, 0.6) is 0 Å². The molecule has 1 N–H and O–H groups in total. The van der Waals surface area contributed by atoms with E-state index in [-0.39, 0.29) is 17.7 Å². The second kappa shape index (κ2) is 5.23. The maximum Gasteiger partial charge on any atom is 0.261 e. The van der Waals surface area contributed by atoms with Gasteiger partial charge in [-0.1, -0.05) is 0 Å². The maximum absolute atomic E-state index is 12.1. The average molecular weight is 281 g/mol. The summed E-state index contributed by atoms with van der Waals surface area (Å²) in [5.41, 5.74) is 0. The van der Waals surface area contributed by atoms with Gasteiger partial charge in [0.1, 0.15) is 0 Å². The summed E-state index contributed by atoms with van der Waals surface area (Å²) in [6, 6.07) is 4.12. The number of aryl methyl sites for hydroxylation is 1. The third kappa shape index (κ3) is 2.83. The molecule has 2 aliphatic rings. The summed E-state index contributed by atoms with van der Waals surface area (Å²) in [5.74, 6) is -0.298. The molecule has 19 heavy (non-hydrogen) atoms. The summed E-state index contributed by atoms with van der Waals surface area (Å²) in [5, 5.41) is 3.12. The zero-order valence-electron chi connectivity index (χ0n) is 11.1. The van der Waals surface area contributed by atoms with Crippen molar-refractivity contribution in [3.63, 3.8) is 0 Å². The predicted molar refractivity (Wildman–Crippen MR) is 73.4 cm³/mol. The van der Waals surface area contributed by atoms with E-state index in [0.717, 1.165) is 30.6 Å². The molecule has 0 radical (unpaired) electrons. The van der Waals surface area contributed by atoms with Crippen molar-refractivity contribution in [1.29, 1.82) is 0 Å². The molecule has 104 valence electrons. The molecular weight excluding hydrogens is 262 g/mol. The van der Waals surface area contributed by atoms with Gasteiger partial charge in [0.05, 0.1) is 18.1 Å². The summed E-state index contributed by atoms with van der Waals surface area (Å²) < 4.78 is 11.4. The van der Waals surface area contributed by atoms with Gasteiger partial charge in [0, 0.05) is 23.8 Å². The lowest BCUT2D eigenvalue weighted by atomic mass is 9.90. The fraction of sp³-hybridized carbons (Fsp3) is 0.643. The summed E-state index contributed by atoms with van der Waals surface area (Å²) in [6.07, 6.45) is 3.61. The van der Waals surface area contributed by atoms with Crippen LogP contribution in [-0.4, -0.2) is 30.9 Å². The van der Waals surface area contributed by atoms with Crippen molar-refractivity contribution < 1.29 is 14.3 Å². The van der Waals surface area contributed by atoms with Gasteiger partial charge in [-0.25, -0.2) is 0 Å². The smallest absolute Gasteiger partial charge is 0.261 e. The van der Waals surface area contributed by atoms with Crippen LogP contribution in [0.3, 0.4) is 0 Å². The third-order valence-corrected chi connectivity index (χ3v) is 4.86. The third-order valence-electron chi connectivity index (χ3n) is 3.86. The number of amides is 1. The lowest BCUT2D eigenvalue weighted by molar-refractivity contribution is -0.179. The molecule has 4 nitrogen and oxygen atoms in total. The molecule has 2 heterocycles. The molecule has 0 aromatic carbocycles. The number of nitrogens with one attached hydrogen (secondary N) is 1. The Kier molecular flexibility index (Phi) is 3.60. The largest absolute Gasteiger partial charge is 0.349 e. The Morgan fingerprint density at radius 1 is 1.32 bits per heavy atom. The van der Waals surface area contributed by atoms with Gasteiger partial charge in [-0.3, -0.25) is 4.79 Å². The van der Waals surface area contributed by atoms with Crippen LogP contribution in [0.1, 0.15) is 40.2 Å². The van der Waals surface area contributed by atoms with Gasteiger partial charge in [-0.15, -0.1) is 11.3 Å². The number of carbonyl (C=O) groups is 1. The van der Waals surface area contributed by atoms with Crippen molar-refractivity contribution in [2.75, 3.05) is 13.2 Å². The molecule has 0 atom stereocenters. The Bertz CT molecular complexity index is 455. The van der Waals surface area contributed by atoms with Crippen molar-refractivity contribution in [2.24, 2.45) is 0 Å². The van der Waals surface area contributed by atoms with E-state index in [9.17, 15) is 4.79 Å². The highest BCUT2D eigenvalue weighted by molar-refractivity contribution is 7.13. The quantitative estimate of drug-likeness (QED) is 0.906. The van der Waals surface area contributed by atoms with Crippen molar-refractivity contribution in [1.82, 2.24) is 5.32 Å². The number of ether oxygens (including phenoxy) is 2. The Labute approximate surface area is 117 Å². The van der Waals surface area contributed by atoms with E-state index in [1.807, 2.05) is 19.1 Å². The molecule has 1 aliphatic carbocycles. The number of thiophene rings is 1. The summed E-state index contributed by atoms with van der Waals surface area (Å²) >= 11 is 1.54. The Balaban J connectivity index is 1.53. The van der Waals surface area contributed by atoms with Gasteiger partial charge in [0.2, 0.25) is 0 Å². The highest BCUT2D eigenvalue weighted by Gasteiger charge is 2.40. The first kappa shape index (κ1) is 13.1. The molecule has 1 amide bonds. The second-order valence-corrected chi connectivity index (χ2v) is 6.55. The standard InChI is InChI=1S/C14H19NO3S/c1-10-2-3-12(19-10)13(16)15-11-4-6-14(7-5-11)17-8-9-18-14/h2-3,11H,4-9H2,1H3,(H,15,16). The van der Waals surface area contributed by atoms with Crippen LogP contribution in [0.4, 0.5) is 0 Å². The summed E-state index contributed by atoms with van der Waals surface area (Å²) in [6.45, 7) is 3.41. The zero-order chi connectivity index (χ0) is 13.3. The maximum atomic E-state index is 12.1. The van der Waals surface area contributed by atoms with Gasteiger partial charge >= 0.3 is 0 Å². The Morgan fingerprint density at radius 3 is 2.58 bits per heavy atom. The number of hydrogen-bond donors (Lipinski definition) is 1. The van der Waals surface area contributed by atoms with Crippen LogP contribution < -0.4 is 5.32 Å². The van der Waals surface area contributed by atoms with Crippen LogP contribution in [0, 0.1) is 6.92 Å². The average Bonchev–Trinajstić information content (AvgIpc) is 3.02. The van der Waals surface area contributed by atoms with Crippen LogP contribution >= 0.6 is 11.3 Å². The molecule has 1 saturated carbocycles. The number of hydrogen-bond acceptors (Lipinski definition) is 4. The van der Waals surface area contributed by atoms with E-state index in [1.54, 1.807) is 11.3 Å². The minimum absolute atomic E-state index is 0.0484. The molecular formula is C14H19NO3S. The molecule has 1 spiro atoms. The van der Waals surface area contributed by atoms with Crippen molar-refractivity contribution in [3.8, 4) is 0 Å². The van der Waals surface area contributed by atoms with Crippen molar-refractivity contribution in [3.05, 3.63) is 21.9 Å². The molecule has 3 rings (SSSR count). The zero-order valence-corrected chi connectivity index (χ0v) is 11.9. The van der Waals surface area contributed by atoms with E-state index in [4.69, 9.17) is 9.47 Å². The first-order chi connectivity index (χ1) is 9.17. The molecule has 0 bridgehead atoms. The lowest BCUT2D eigenvalue weighted by Crippen LogP contribution is -2.43. The van der Waals surface area contributed by atoms with Gasteiger partial charge in [0.25, 0.3) is 5.91 Å². The second-order valence-electron chi connectivity index (χ2n) is 5.27. The fourth-order valence-electron chi connectivity index (χ4n) is 2.80. The van der Waals surface area contributed by atoms with Crippen LogP contribution in [-0.2, 0) is 9.47 Å². The summed E-state index contributed by atoms with van der Waals surface area (Å²) in [4.78, 5) is 14.0. The minimum atomic E-state index is -0.346. The number of rotatable bonds is 2. The molecule has 0 unspecified atom stereocenters. The summed E-state index contributed by atoms with van der Waals surface area (Å²) in [7, 11) is 0. The van der Waals surface area contributed by atoms with Gasteiger partial charge in [-0.2, -0.15) is 0 Å². The normalized spacial score (nSPS) is 22.8. The minimum Gasteiger partial charge on any atom is -0.349 e. The topological polar surface area (TPSA) is 47.6 Å². The highest BCUT2D eigenvalue weighted by Crippen LogP contribution is 2.35. The van der Waals surface area contributed by atoms with Crippen molar-refractivity contribution >= 4 is 17.2 Å². The van der Waals surface area contributed by atoms with Crippen LogP contribution in [0.25, 0.3) is 0 Å². The SMILES string of the molecule is Cc1ccc(C(=O)NC2CCC3(CC2)OCCO3)s1. The Hall–Kier alpha value is -0.910. The molecule has 5 heteroatoms.